The molecule has 1 aliphatic heterocycles. The molecule has 0 amide bonds. The van der Waals surface area contributed by atoms with Crippen molar-refractivity contribution in [1.29, 1.82) is 0 Å². The van der Waals surface area contributed by atoms with Crippen molar-refractivity contribution >= 4 is 5.96 Å². The first kappa shape index (κ1) is 10.8. The van der Waals surface area contributed by atoms with Crippen molar-refractivity contribution in [2.75, 3.05) is 13.1 Å². The molecule has 2 rings (SSSR count). The minimum Gasteiger partial charge on any atom is -0.370 e. The maximum atomic E-state index is 5.97. The number of likely N-dealkylation sites (tertiary alicyclic amines) is 1. The Balaban J connectivity index is 1.97. The second kappa shape index (κ2) is 3.69. The van der Waals surface area contributed by atoms with Crippen molar-refractivity contribution in [2.24, 2.45) is 22.1 Å². The van der Waals surface area contributed by atoms with E-state index in [9.17, 15) is 0 Å². The van der Waals surface area contributed by atoms with Crippen LogP contribution in [0.5, 0.6) is 0 Å². The molecule has 86 valence electrons. The zero-order chi connectivity index (χ0) is 11.1. The summed E-state index contributed by atoms with van der Waals surface area (Å²) in [7, 11) is 0. The van der Waals surface area contributed by atoms with Crippen LogP contribution in [0.25, 0.3) is 0 Å². The van der Waals surface area contributed by atoms with Crippen LogP contribution in [-0.4, -0.2) is 30.0 Å². The molecule has 1 saturated carbocycles. The molecule has 2 N–H and O–H groups in total. The molecule has 0 spiro atoms. The number of rotatable bonds is 3. The van der Waals surface area contributed by atoms with Crippen LogP contribution >= 0.6 is 0 Å². The van der Waals surface area contributed by atoms with Crippen LogP contribution in [0.1, 0.15) is 40.0 Å². The lowest BCUT2D eigenvalue weighted by molar-refractivity contribution is 0.292. The maximum Gasteiger partial charge on any atom is 0.191 e. The highest BCUT2D eigenvalue weighted by molar-refractivity contribution is 5.79. The summed E-state index contributed by atoms with van der Waals surface area (Å²) in [6.45, 7) is 9.08. The van der Waals surface area contributed by atoms with E-state index in [1.165, 1.54) is 19.3 Å². The second-order valence-electron chi connectivity index (χ2n) is 5.29. The minimum atomic E-state index is 0.454. The largest absolute Gasteiger partial charge is 0.370 e. The second-order valence-corrected chi connectivity index (χ2v) is 5.29. The van der Waals surface area contributed by atoms with Crippen LogP contribution in [0.2, 0.25) is 0 Å². The Morgan fingerprint density at radius 1 is 1.53 bits per heavy atom. The Labute approximate surface area is 92.7 Å². The lowest BCUT2D eigenvalue weighted by atomic mass is 9.89. The highest BCUT2D eigenvalue weighted by Gasteiger charge is 2.55. The average Bonchev–Trinajstić information content (AvgIpc) is 2.76. The summed E-state index contributed by atoms with van der Waals surface area (Å²) in [4.78, 5) is 6.86. The van der Waals surface area contributed by atoms with Gasteiger partial charge in [0.15, 0.2) is 5.96 Å². The fourth-order valence-electron chi connectivity index (χ4n) is 2.67. The monoisotopic (exact) mass is 209 g/mol. The first-order valence-electron chi connectivity index (χ1n) is 6.18. The Morgan fingerprint density at radius 3 is 2.53 bits per heavy atom. The van der Waals surface area contributed by atoms with Gasteiger partial charge in [-0.1, -0.05) is 20.8 Å². The summed E-state index contributed by atoms with van der Waals surface area (Å²) in [5, 5.41) is 0. The number of nitrogens with two attached hydrogens (primary N) is 1. The molecule has 0 aromatic heterocycles. The summed E-state index contributed by atoms with van der Waals surface area (Å²) in [5.74, 6) is 1.50. The topological polar surface area (TPSA) is 41.6 Å². The molecule has 2 fully saturated rings. The van der Waals surface area contributed by atoms with Gasteiger partial charge in [0.2, 0.25) is 0 Å². The van der Waals surface area contributed by atoms with Gasteiger partial charge in [-0.15, -0.1) is 0 Å². The fourth-order valence-corrected chi connectivity index (χ4v) is 2.67. The molecule has 1 aliphatic carbocycles. The first-order valence-corrected chi connectivity index (χ1v) is 6.18. The van der Waals surface area contributed by atoms with Crippen LogP contribution in [0.4, 0.5) is 0 Å². The summed E-state index contributed by atoms with van der Waals surface area (Å²) in [5.41, 5.74) is 6.43. The highest BCUT2D eigenvalue weighted by Crippen LogP contribution is 2.56. The van der Waals surface area contributed by atoms with Crippen molar-refractivity contribution in [2.45, 2.75) is 46.1 Å². The number of guanidine groups is 1. The molecule has 3 heteroatoms. The molecule has 0 aromatic rings. The van der Waals surface area contributed by atoms with E-state index >= 15 is 0 Å². The van der Waals surface area contributed by atoms with Gasteiger partial charge in [0.1, 0.15) is 0 Å². The quantitative estimate of drug-likeness (QED) is 0.569. The molecule has 1 heterocycles. The van der Waals surface area contributed by atoms with E-state index in [2.05, 4.69) is 30.7 Å². The number of aliphatic imine (C=N–C) groups is 1. The predicted octanol–water partition coefficient (Wildman–Crippen LogP) is 1.83. The molecule has 3 nitrogen and oxygen atoms in total. The van der Waals surface area contributed by atoms with Crippen LogP contribution in [-0.2, 0) is 0 Å². The van der Waals surface area contributed by atoms with Crippen molar-refractivity contribution in [3.05, 3.63) is 0 Å². The Hall–Kier alpha value is -0.730. The van der Waals surface area contributed by atoms with Crippen LogP contribution in [0.3, 0.4) is 0 Å². The van der Waals surface area contributed by atoms with Gasteiger partial charge in [-0.3, -0.25) is 0 Å². The summed E-state index contributed by atoms with van der Waals surface area (Å²) in [6.07, 6.45) is 3.73. The molecule has 2 unspecified atom stereocenters. The number of hydrogen-bond donors (Lipinski definition) is 1. The molecule has 0 aromatic carbocycles. The molecule has 0 bridgehead atoms. The Kier molecular flexibility index (Phi) is 2.65. The van der Waals surface area contributed by atoms with Gasteiger partial charge in [0, 0.05) is 13.1 Å². The van der Waals surface area contributed by atoms with Crippen molar-refractivity contribution in [1.82, 2.24) is 4.90 Å². The van der Waals surface area contributed by atoms with E-state index in [1.807, 2.05) is 0 Å². The predicted molar refractivity (Wildman–Crippen MR) is 63.8 cm³/mol. The Morgan fingerprint density at radius 2 is 2.20 bits per heavy atom. The van der Waals surface area contributed by atoms with Crippen molar-refractivity contribution < 1.29 is 0 Å². The zero-order valence-electron chi connectivity index (χ0n) is 10.2. The van der Waals surface area contributed by atoms with Crippen molar-refractivity contribution in [3.8, 4) is 0 Å². The van der Waals surface area contributed by atoms with Gasteiger partial charge in [-0.2, -0.15) is 0 Å². The SMILES string of the molecule is CCC1(C(C)C)CC1N=C(N)N1CCC1. The van der Waals surface area contributed by atoms with Crippen molar-refractivity contribution in [3.63, 3.8) is 0 Å². The fraction of sp³-hybridized carbons (Fsp3) is 0.917. The van der Waals surface area contributed by atoms with E-state index in [0.29, 0.717) is 11.5 Å². The van der Waals surface area contributed by atoms with Crippen LogP contribution in [0.15, 0.2) is 4.99 Å². The molecule has 0 radical (unpaired) electrons. The highest BCUT2D eigenvalue weighted by atomic mass is 15.3. The Bertz CT molecular complexity index is 268. The molecule has 2 aliphatic rings. The van der Waals surface area contributed by atoms with E-state index in [0.717, 1.165) is 25.0 Å². The molecular weight excluding hydrogens is 186 g/mol. The van der Waals surface area contributed by atoms with Gasteiger partial charge in [0.05, 0.1) is 6.04 Å². The lowest BCUT2D eigenvalue weighted by Crippen LogP contribution is -2.46. The molecule has 2 atom stereocenters. The van der Waals surface area contributed by atoms with Gasteiger partial charge in [-0.05, 0) is 30.6 Å². The molecular formula is C12H23N3. The normalized spacial score (nSPS) is 35.6. The molecule has 1 saturated heterocycles. The third-order valence-electron chi connectivity index (χ3n) is 4.35. The summed E-state index contributed by atoms with van der Waals surface area (Å²) in [6, 6.07) is 0.489. The smallest absolute Gasteiger partial charge is 0.191 e. The van der Waals surface area contributed by atoms with E-state index in [1.54, 1.807) is 0 Å². The van der Waals surface area contributed by atoms with E-state index in [-0.39, 0.29) is 0 Å². The third kappa shape index (κ3) is 1.72. The van der Waals surface area contributed by atoms with Gasteiger partial charge in [-0.25, -0.2) is 4.99 Å². The van der Waals surface area contributed by atoms with E-state index < -0.39 is 0 Å². The third-order valence-corrected chi connectivity index (χ3v) is 4.35. The van der Waals surface area contributed by atoms with Crippen LogP contribution < -0.4 is 5.73 Å². The van der Waals surface area contributed by atoms with E-state index in [4.69, 9.17) is 5.73 Å². The minimum absolute atomic E-state index is 0.454. The standard InChI is InChI=1S/C12H23N3/c1-4-12(9(2)3)8-10(12)14-11(13)15-6-5-7-15/h9-10H,4-8H2,1-3H3,(H2,13,14). The number of hydrogen-bond acceptors (Lipinski definition) is 1. The maximum absolute atomic E-state index is 5.97. The summed E-state index contributed by atoms with van der Waals surface area (Å²) >= 11 is 0. The summed E-state index contributed by atoms with van der Waals surface area (Å²) < 4.78 is 0. The van der Waals surface area contributed by atoms with Crippen LogP contribution in [0, 0.1) is 11.3 Å². The average molecular weight is 209 g/mol. The molecule has 15 heavy (non-hydrogen) atoms. The first-order chi connectivity index (χ1) is 7.10. The van der Waals surface area contributed by atoms with Gasteiger partial charge in [0.25, 0.3) is 0 Å². The lowest BCUT2D eigenvalue weighted by Gasteiger charge is -2.32. The van der Waals surface area contributed by atoms with Gasteiger partial charge < -0.3 is 10.6 Å². The zero-order valence-corrected chi connectivity index (χ0v) is 10.2. The number of nitrogens with zero attached hydrogens (tertiary/aromatic N) is 2. The van der Waals surface area contributed by atoms with Gasteiger partial charge >= 0.3 is 0 Å².